The van der Waals surface area contributed by atoms with Gasteiger partial charge in [0.1, 0.15) is 0 Å². The van der Waals surface area contributed by atoms with Crippen LogP contribution in [0.5, 0.6) is 0 Å². The normalized spacial score (nSPS) is 14.1. The number of aliphatic hydroxyl groups is 1. The summed E-state index contributed by atoms with van der Waals surface area (Å²) in [5, 5.41) is 11.8. The van der Waals surface area contributed by atoms with Crippen LogP contribution in [0.3, 0.4) is 0 Å². The van der Waals surface area contributed by atoms with Gasteiger partial charge in [0, 0.05) is 12.8 Å². The van der Waals surface area contributed by atoms with Gasteiger partial charge < -0.3 is 24.2 Å². The molecule has 0 saturated carbocycles. The zero-order chi connectivity index (χ0) is 49.3. The van der Waals surface area contributed by atoms with Crippen LogP contribution in [0.4, 0.5) is 0 Å². The lowest BCUT2D eigenvalue weighted by atomic mass is 9.85. The number of unbranched alkanes of at least 4 members (excludes halogenated alkanes) is 23. The molecule has 0 spiro atoms. The molecule has 0 aromatic heterocycles. The summed E-state index contributed by atoms with van der Waals surface area (Å²) in [7, 11) is 2.10. The molecule has 394 valence electrons. The van der Waals surface area contributed by atoms with Gasteiger partial charge in [0.15, 0.2) is 0 Å². The Morgan fingerprint density at radius 3 is 1.24 bits per heavy atom. The van der Waals surface area contributed by atoms with Crippen molar-refractivity contribution in [3.63, 3.8) is 0 Å². The summed E-state index contributed by atoms with van der Waals surface area (Å²) in [5.41, 5.74) is -0.736. The lowest BCUT2D eigenvalue weighted by Gasteiger charge is -2.29. The third-order valence-corrected chi connectivity index (χ3v) is 13.6. The number of hydrogen-bond donors (Lipinski definition) is 1. The quantitative estimate of drug-likeness (QED) is 0.0278. The van der Waals surface area contributed by atoms with Gasteiger partial charge in [-0.3, -0.25) is 14.4 Å². The van der Waals surface area contributed by atoms with Crippen molar-refractivity contribution in [2.24, 2.45) is 5.92 Å². The van der Waals surface area contributed by atoms with E-state index in [0.717, 1.165) is 154 Å². The molecule has 1 rings (SSSR count). The van der Waals surface area contributed by atoms with Crippen LogP contribution in [-0.2, 0) is 28.6 Å². The lowest BCUT2D eigenvalue weighted by molar-refractivity contribution is -0.150. The number of rotatable bonds is 48. The molecule has 1 saturated heterocycles. The summed E-state index contributed by atoms with van der Waals surface area (Å²) in [6.45, 7) is 7.75. The number of allylic oxidation sites excluding steroid dienone is 8. The van der Waals surface area contributed by atoms with Crippen LogP contribution < -0.4 is 0 Å². The van der Waals surface area contributed by atoms with Gasteiger partial charge in [-0.1, -0.05) is 165 Å². The molecule has 1 fully saturated rings. The lowest BCUT2D eigenvalue weighted by Crippen LogP contribution is -2.34. The molecule has 0 aromatic rings. The minimum Gasteiger partial charge on any atom is -0.466 e. The maximum Gasteiger partial charge on any atom is 0.309 e. The Kier molecular flexibility index (Phi) is 44.6. The molecule has 1 aliphatic rings. The number of esters is 3. The third-order valence-electron chi connectivity index (χ3n) is 13.6. The summed E-state index contributed by atoms with van der Waals surface area (Å²) in [5.74, 6) is -0.200. The highest BCUT2D eigenvalue weighted by molar-refractivity contribution is 5.72. The molecular weight excluding hydrogens is 847 g/mol. The fraction of sp³-hybridized carbons (Fsp3) is 0.817. The minimum absolute atomic E-state index is 0.0151. The van der Waals surface area contributed by atoms with E-state index in [4.69, 9.17) is 14.2 Å². The number of carbonyl (C=O) groups excluding carboxylic acids is 3. The van der Waals surface area contributed by atoms with Crippen LogP contribution in [0.25, 0.3) is 0 Å². The first kappa shape index (κ1) is 63.3. The number of piperidine rings is 1. The van der Waals surface area contributed by atoms with Gasteiger partial charge in [-0.2, -0.15) is 0 Å². The van der Waals surface area contributed by atoms with Crippen molar-refractivity contribution in [1.29, 1.82) is 0 Å². The van der Waals surface area contributed by atoms with Crippen LogP contribution in [-0.4, -0.2) is 73.5 Å². The Labute approximate surface area is 419 Å². The van der Waals surface area contributed by atoms with Crippen LogP contribution in [0, 0.1) is 5.92 Å². The summed E-state index contributed by atoms with van der Waals surface area (Å²) in [4.78, 5) is 39.4. The zero-order valence-corrected chi connectivity index (χ0v) is 44.7. The van der Waals surface area contributed by atoms with Gasteiger partial charge in [0.05, 0.1) is 31.3 Å². The van der Waals surface area contributed by atoms with Crippen molar-refractivity contribution >= 4 is 17.9 Å². The van der Waals surface area contributed by atoms with Gasteiger partial charge in [-0.25, -0.2) is 0 Å². The second-order valence-electron chi connectivity index (χ2n) is 20.2. The highest BCUT2D eigenvalue weighted by atomic mass is 16.5. The molecule has 0 radical (unpaired) electrons. The number of carbonyl (C=O) groups is 3. The number of hydrogen-bond acceptors (Lipinski definition) is 8. The minimum atomic E-state index is -0.736. The maximum atomic E-state index is 12.6. The number of ether oxygens (including phenoxy) is 3. The van der Waals surface area contributed by atoms with E-state index in [0.29, 0.717) is 39.1 Å². The van der Waals surface area contributed by atoms with Crippen molar-refractivity contribution in [1.82, 2.24) is 4.90 Å². The SMILES string of the molecule is CCCCC/C=C\C/C=C\CCCCCCCC(=O)OCCCCCCC(O)(CCCCCCOC(=O)CCCCCCC/C=C\C/C=C\CCCCC)CCCCOC(=O)C1CCN(C)CC1. The van der Waals surface area contributed by atoms with Crippen LogP contribution in [0.1, 0.15) is 264 Å². The van der Waals surface area contributed by atoms with Gasteiger partial charge in [0.2, 0.25) is 0 Å². The maximum absolute atomic E-state index is 12.6. The van der Waals surface area contributed by atoms with Crippen molar-refractivity contribution in [3.8, 4) is 0 Å². The van der Waals surface area contributed by atoms with Crippen molar-refractivity contribution < 1.29 is 33.7 Å². The highest BCUT2D eigenvalue weighted by Gasteiger charge is 2.27. The van der Waals surface area contributed by atoms with E-state index in [9.17, 15) is 19.5 Å². The van der Waals surface area contributed by atoms with Crippen LogP contribution in [0.15, 0.2) is 48.6 Å². The van der Waals surface area contributed by atoms with E-state index < -0.39 is 5.60 Å². The van der Waals surface area contributed by atoms with Gasteiger partial charge >= 0.3 is 17.9 Å². The zero-order valence-electron chi connectivity index (χ0n) is 44.7. The largest absolute Gasteiger partial charge is 0.466 e. The van der Waals surface area contributed by atoms with E-state index in [2.05, 4.69) is 74.4 Å². The number of likely N-dealkylation sites (tertiary alicyclic amines) is 1. The van der Waals surface area contributed by atoms with E-state index in [1.165, 1.54) is 89.9 Å². The molecule has 8 nitrogen and oxygen atoms in total. The summed E-state index contributed by atoms with van der Waals surface area (Å²) >= 11 is 0. The molecule has 1 N–H and O–H groups in total. The Balaban J connectivity index is 2.21. The molecule has 1 heterocycles. The molecule has 0 unspecified atom stereocenters. The van der Waals surface area contributed by atoms with Crippen LogP contribution >= 0.6 is 0 Å². The van der Waals surface area contributed by atoms with Gasteiger partial charge in [-0.15, -0.1) is 0 Å². The Bertz CT molecular complexity index is 1210. The van der Waals surface area contributed by atoms with E-state index >= 15 is 0 Å². The first-order valence-electron chi connectivity index (χ1n) is 28.8. The number of nitrogens with zero attached hydrogens (tertiary/aromatic N) is 1. The molecule has 0 aromatic carbocycles. The average Bonchev–Trinajstić information content (AvgIpc) is 3.33. The Morgan fingerprint density at radius 2 is 0.794 bits per heavy atom. The second-order valence-corrected chi connectivity index (χ2v) is 20.2. The predicted octanol–water partition coefficient (Wildman–Crippen LogP) is 16.4. The van der Waals surface area contributed by atoms with Gasteiger partial charge in [0.25, 0.3) is 0 Å². The second kappa shape index (κ2) is 47.9. The molecule has 0 amide bonds. The highest BCUT2D eigenvalue weighted by Crippen LogP contribution is 2.29. The predicted molar refractivity (Wildman–Crippen MR) is 287 cm³/mol. The molecule has 0 atom stereocenters. The van der Waals surface area contributed by atoms with E-state index in [1.54, 1.807) is 0 Å². The molecule has 68 heavy (non-hydrogen) atoms. The van der Waals surface area contributed by atoms with Crippen molar-refractivity contribution in [2.75, 3.05) is 40.0 Å². The monoisotopic (exact) mass is 954 g/mol. The molecule has 0 bridgehead atoms. The standard InChI is InChI=1S/C60H107NO7/c1-4-6-8-10-12-14-16-18-20-22-24-26-28-30-36-44-57(62)66-53-41-34-32-38-48-60(65,50-40-43-55-68-59(64)56-46-51-61(3)52-47-56)49-39-33-35-42-54-67-58(63)45-37-31-29-27-25-23-21-19-17-15-13-11-9-7-5-2/h12-15,18-21,56,65H,4-11,16-17,22-55H2,1-3H3/b14-12-,15-13-,20-18-,21-19-. The topological polar surface area (TPSA) is 102 Å². The first-order valence-corrected chi connectivity index (χ1v) is 28.8. The molecule has 1 aliphatic heterocycles. The van der Waals surface area contributed by atoms with Gasteiger partial charge in [-0.05, 0) is 155 Å². The molecular formula is C60H107NO7. The summed E-state index contributed by atoms with van der Waals surface area (Å²) < 4.78 is 16.7. The smallest absolute Gasteiger partial charge is 0.309 e. The Morgan fingerprint density at radius 1 is 0.456 bits per heavy atom. The van der Waals surface area contributed by atoms with Crippen molar-refractivity contribution in [3.05, 3.63) is 48.6 Å². The van der Waals surface area contributed by atoms with Crippen LogP contribution in [0.2, 0.25) is 0 Å². The fourth-order valence-electron chi connectivity index (χ4n) is 8.96. The Hall–Kier alpha value is -2.71. The summed E-state index contributed by atoms with van der Waals surface area (Å²) in [6, 6.07) is 0. The fourth-order valence-corrected chi connectivity index (χ4v) is 8.96. The average molecular weight is 955 g/mol. The van der Waals surface area contributed by atoms with Crippen molar-refractivity contribution in [2.45, 2.75) is 270 Å². The molecule has 8 heteroatoms. The first-order chi connectivity index (χ1) is 33.3. The van der Waals surface area contributed by atoms with E-state index in [1.807, 2.05) is 0 Å². The molecule has 0 aliphatic carbocycles. The summed E-state index contributed by atoms with van der Waals surface area (Å²) in [6.07, 6.45) is 58.2. The third kappa shape index (κ3) is 42.2. The van der Waals surface area contributed by atoms with E-state index in [-0.39, 0.29) is 23.8 Å².